The fraction of sp³-hybridized carbons (Fsp3) is 0.643. The smallest absolute Gasteiger partial charge is 0.246 e. The first kappa shape index (κ1) is 16.9. The molecular weight excluding hydrogens is 334 g/mol. The van der Waals surface area contributed by atoms with Crippen LogP contribution in [0.4, 0.5) is 5.69 Å². The van der Waals surface area contributed by atoms with E-state index in [4.69, 9.17) is 0 Å². The molecule has 1 aromatic rings. The highest BCUT2D eigenvalue weighted by atomic mass is 32.2. The van der Waals surface area contributed by atoms with Crippen LogP contribution in [0.2, 0.25) is 0 Å². The van der Waals surface area contributed by atoms with E-state index in [0.717, 1.165) is 6.26 Å². The molecule has 9 nitrogen and oxygen atoms in total. The van der Waals surface area contributed by atoms with Crippen molar-refractivity contribution in [2.75, 3.05) is 37.3 Å². The summed E-state index contributed by atoms with van der Waals surface area (Å²) in [7, 11) is -1.58. The quantitative estimate of drug-likeness (QED) is 0.679. The predicted octanol–water partition coefficient (Wildman–Crippen LogP) is -0.981. The summed E-state index contributed by atoms with van der Waals surface area (Å²) < 4.78 is 26.7. The lowest BCUT2D eigenvalue weighted by Gasteiger charge is -2.47. The molecule has 0 aromatic carbocycles. The molecule has 1 spiro atoms. The number of hydrogen-bond acceptors (Lipinski definition) is 5. The highest BCUT2D eigenvalue weighted by molar-refractivity contribution is 7.88. The Morgan fingerprint density at radius 1 is 1.33 bits per heavy atom. The van der Waals surface area contributed by atoms with Crippen LogP contribution in [0.5, 0.6) is 0 Å². The van der Waals surface area contributed by atoms with Gasteiger partial charge in [0.25, 0.3) is 0 Å². The van der Waals surface area contributed by atoms with Crippen LogP contribution in [0.1, 0.15) is 13.3 Å². The van der Waals surface area contributed by atoms with Crippen LogP contribution >= 0.6 is 0 Å². The second kappa shape index (κ2) is 5.55. The summed E-state index contributed by atoms with van der Waals surface area (Å²) in [6, 6.07) is 0. The van der Waals surface area contributed by atoms with Gasteiger partial charge in [0.1, 0.15) is 6.54 Å². The molecule has 2 aliphatic heterocycles. The average Bonchev–Trinajstić information content (AvgIpc) is 3.08. The molecule has 3 rings (SSSR count). The number of rotatable bonds is 2. The number of carbonyl (C=O) groups is 2. The molecule has 2 aliphatic rings. The second-order valence-corrected chi connectivity index (χ2v) is 8.51. The van der Waals surface area contributed by atoms with E-state index < -0.39 is 15.6 Å². The third-order valence-electron chi connectivity index (χ3n) is 4.77. The first-order valence-electron chi connectivity index (χ1n) is 7.65. The van der Waals surface area contributed by atoms with Crippen molar-refractivity contribution in [3.05, 3.63) is 12.4 Å². The summed E-state index contributed by atoms with van der Waals surface area (Å²) in [5, 5.41) is 4.09. The van der Waals surface area contributed by atoms with E-state index in [1.807, 2.05) is 0 Å². The summed E-state index contributed by atoms with van der Waals surface area (Å²) in [5.41, 5.74) is -0.0403. The zero-order chi connectivity index (χ0) is 17.7. The minimum Gasteiger partial charge on any atom is -0.325 e. The van der Waals surface area contributed by atoms with E-state index >= 15 is 0 Å². The Labute approximate surface area is 140 Å². The van der Waals surface area contributed by atoms with Gasteiger partial charge in [-0.25, -0.2) is 8.42 Å². The molecule has 132 valence electrons. The molecule has 24 heavy (non-hydrogen) atoms. The molecule has 1 aromatic heterocycles. The first-order chi connectivity index (χ1) is 11.1. The van der Waals surface area contributed by atoms with Crippen LogP contribution in [-0.4, -0.2) is 77.2 Å². The Balaban J connectivity index is 1.95. The number of hydrogen-bond donors (Lipinski definition) is 0. The van der Waals surface area contributed by atoms with Gasteiger partial charge >= 0.3 is 0 Å². The number of nitrogens with zero attached hydrogens (tertiary/aromatic N) is 5. The minimum atomic E-state index is -3.34. The Bertz CT molecular complexity index is 789. The molecule has 10 heteroatoms. The fourth-order valence-electron chi connectivity index (χ4n) is 3.54. The van der Waals surface area contributed by atoms with Gasteiger partial charge in [-0.05, 0) is 6.42 Å². The van der Waals surface area contributed by atoms with Crippen molar-refractivity contribution in [2.45, 2.75) is 18.9 Å². The summed E-state index contributed by atoms with van der Waals surface area (Å²) in [6.45, 7) is 2.18. The predicted molar refractivity (Wildman–Crippen MR) is 86.7 cm³/mol. The monoisotopic (exact) mass is 355 g/mol. The van der Waals surface area contributed by atoms with Crippen LogP contribution in [0.25, 0.3) is 0 Å². The molecule has 0 unspecified atom stereocenters. The lowest BCUT2D eigenvalue weighted by Crippen LogP contribution is -2.66. The molecule has 2 amide bonds. The maximum atomic E-state index is 12.5. The Hall–Kier alpha value is -1.94. The van der Waals surface area contributed by atoms with Crippen molar-refractivity contribution in [2.24, 2.45) is 7.05 Å². The van der Waals surface area contributed by atoms with Crippen molar-refractivity contribution in [1.82, 2.24) is 19.0 Å². The van der Waals surface area contributed by atoms with Gasteiger partial charge in [0.05, 0.1) is 30.2 Å². The Morgan fingerprint density at radius 2 is 2.04 bits per heavy atom. The highest BCUT2D eigenvalue weighted by Crippen LogP contribution is 2.35. The SMILES string of the molecule is CC(=O)N1CC(=O)N(c2cnn(C)c2)C[C@@]12CCN(S(C)(=O)=O)C2. The second-order valence-electron chi connectivity index (χ2n) is 6.53. The van der Waals surface area contributed by atoms with E-state index in [1.165, 1.54) is 16.1 Å². The fourth-order valence-corrected chi connectivity index (χ4v) is 4.43. The standard InChI is InChI=1S/C14H21N5O4S/c1-11(20)19-8-13(21)18(12-6-15-16(2)7-12)10-14(19)4-5-17(9-14)24(3,22)23/h6-7H,4-5,8-10H2,1-3H3/t14-/m0/s1. The first-order valence-corrected chi connectivity index (χ1v) is 9.50. The number of piperazine rings is 1. The molecule has 1 atom stereocenters. The van der Waals surface area contributed by atoms with Crippen LogP contribution in [0.3, 0.4) is 0 Å². The van der Waals surface area contributed by atoms with Crippen LogP contribution in [-0.2, 0) is 26.7 Å². The van der Waals surface area contributed by atoms with E-state index in [0.29, 0.717) is 18.7 Å². The van der Waals surface area contributed by atoms with Gasteiger partial charge in [0, 0.05) is 33.3 Å². The number of aromatic nitrogens is 2. The summed E-state index contributed by atoms with van der Waals surface area (Å²) in [6.07, 6.45) is 5.00. The van der Waals surface area contributed by atoms with Gasteiger partial charge in [0.15, 0.2) is 0 Å². The summed E-state index contributed by atoms with van der Waals surface area (Å²) in [5.74, 6) is -0.411. The molecule has 3 heterocycles. The lowest BCUT2D eigenvalue weighted by atomic mass is 9.92. The van der Waals surface area contributed by atoms with Gasteiger partial charge in [-0.3, -0.25) is 14.3 Å². The van der Waals surface area contributed by atoms with Crippen molar-refractivity contribution in [3.63, 3.8) is 0 Å². The van der Waals surface area contributed by atoms with Crippen molar-refractivity contribution in [3.8, 4) is 0 Å². The van der Waals surface area contributed by atoms with E-state index in [9.17, 15) is 18.0 Å². The molecule has 0 radical (unpaired) electrons. The number of aryl methyl sites for hydroxylation is 1. The highest BCUT2D eigenvalue weighted by Gasteiger charge is 2.52. The lowest BCUT2D eigenvalue weighted by molar-refractivity contribution is -0.142. The Morgan fingerprint density at radius 3 is 2.54 bits per heavy atom. The minimum absolute atomic E-state index is 0.0537. The van der Waals surface area contributed by atoms with Gasteiger partial charge in [-0.15, -0.1) is 0 Å². The number of sulfonamides is 1. The maximum Gasteiger partial charge on any atom is 0.246 e. The molecule has 0 saturated carbocycles. The largest absolute Gasteiger partial charge is 0.325 e. The van der Waals surface area contributed by atoms with Gasteiger partial charge < -0.3 is 9.80 Å². The third kappa shape index (κ3) is 2.80. The van der Waals surface area contributed by atoms with Crippen molar-refractivity contribution >= 4 is 27.5 Å². The number of carbonyl (C=O) groups excluding carboxylic acids is 2. The van der Waals surface area contributed by atoms with Crippen molar-refractivity contribution in [1.29, 1.82) is 0 Å². The van der Waals surface area contributed by atoms with Gasteiger partial charge in [-0.1, -0.05) is 0 Å². The van der Waals surface area contributed by atoms with E-state index in [2.05, 4.69) is 5.10 Å². The number of anilines is 1. The van der Waals surface area contributed by atoms with E-state index in [-0.39, 0.29) is 31.4 Å². The maximum absolute atomic E-state index is 12.5. The van der Waals surface area contributed by atoms with Crippen LogP contribution in [0, 0.1) is 0 Å². The Kier molecular flexibility index (Phi) is 3.91. The molecule has 2 fully saturated rings. The van der Waals surface area contributed by atoms with Crippen LogP contribution in [0.15, 0.2) is 12.4 Å². The number of amides is 2. The summed E-state index contributed by atoms with van der Waals surface area (Å²) >= 11 is 0. The van der Waals surface area contributed by atoms with E-state index in [1.54, 1.807) is 29.0 Å². The zero-order valence-corrected chi connectivity index (χ0v) is 14.8. The molecular formula is C14H21N5O4S. The molecule has 2 saturated heterocycles. The molecule has 0 N–H and O–H groups in total. The average molecular weight is 355 g/mol. The zero-order valence-electron chi connectivity index (χ0n) is 14.0. The summed E-state index contributed by atoms with van der Waals surface area (Å²) in [4.78, 5) is 27.7. The molecule has 0 bridgehead atoms. The topological polar surface area (TPSA) is 95.8 Å². The normalized spacial score (nSPS) is 25.7. The molecule has 0 aliphatic carbocycles. The third-order valence-corrected chi connectivity index (χ3v) is 6.02. The van der Waals surface area contributed by atoms with Crippen molar-refractivity contribution < 1.29 is 18.0 Å². The van der Waals surface area contributed by atoms with Crippen LogP contribution < -0.4 is 4.90 Å². The van der Waals surface area contributed by atoms with Gasteiger partial charge in [0.2, 0.25) is 21.8 Å². The van der Waals surface area contributed by atoms with Gasteiger partial charge in [-0.2, -0.15) is 9.40 Å².